The number of hydrogen-bond acceptors (Lipinski definition) is 1. The first-order valence-corrected chi connectivity index (χ1v) is 8.41. The van der Waals surface area contributed by atoms with Gasteiger partial charge in [0.25, 0.3) is 0 Å². The fourth-order valence-corrected chi connectivity index (χ4v) is 2.65. The van der Waals surface area contributed by atoms with Crippen molar-refractivity contribution in [2.45, 2.75) is 66.2 Å². The van der Waals surface area contributed by atoms with Crippen LogP contribution in [0.1, 0.15) is 65.4 Å². The van der Waals surface area contributed by atoms with Crippen LogP contribution < -0.4 is 4.74 Å². The first-order chi connectivity index (χ1) is 9.69. The summed E-state index contributed by atoms with van der Waals surface area (Å²) in [6.07, 6.45) is 7.45. The van der Waals surface area contributed by atoms with Gasteiger partial charge in [-0.05, 0) is 48.8 Å². The van der Waals surface area contributed by atoms with Gasteiger partial charge in [0.1, 0.15) is 5.75 Å². The highest BCUT2D eigenvalue weighted by Gasteiger charge is 2.08. The molecule has 0 saturated heterocycles. The molecule has 0 aliphatic rings. The van der Waals surface area contributed by atoms with Crippen LogP contribution in [0.5, 0.6) is 5.75 Å². The van der Waals surface area contributed by atoms with Gasteiger partial charge in [0, 0.05) is 0 Å². The van der Waals surface area contributed by atoms with E-state index in [9.17, 15) is 0 Å². The van der Waals surface area contributed by atoms with Crippen molar-refractivity contribution in [1.29, 1.82) is 0 Å². The van der Waals surface area contributed by atoms with Gasteiger partial charge in [-0.25, -0.2) is 0 Å². The minimum atomic E-state index is 0.711. The van der Waals surface area contributed by atoms with Gasteiger partial charge < -0.3 is 4.74 Å². The van der Waals surface area contributed by atoms with Crippen molar-refractivity contribution in [3.63, 3.8) is 0 Å². The SMILES string of the molecule is CCCC(CCC)COc1cccc(C[C@@H](C)CC)c1. The van der Waals surface area contributed by atoms with Crippen LogP contribution in [0.25, 0.3) is 0 Å². The minimum absolute atomic E-state index is 0.711. The normalized spacial score (nSPS) is 12.7. The van der Waals surface area contributed by atoms with E-state index in [4.69, 9.17) is 4.74 Å². The second kappa shape index (κ2) is 9.85. The molecule has 1 rings (SSSR count). The first-order valence-electron chi connectivity index (χ1n) is 8.41. The quantitative estimate of drug-likeness (QED) is 0.519. The van der Waals surface area contributed by atoms with Gasteiger partial charge in [-0.2, -0.15) is 0 Å². The van der Waals surface area contributed by atoms with Gasteiger partial charge in [-0.1, -0.05) is 59.1 Å². The minimum Gasteiger partial charge on any atom is -0.493 e. The van der Waals surface area contributed by atoms with E-state index >= 15 is 0 Å². The summed E-state index contributed by atoms with van der Waals surface area (Å²) in [6, 6.07) is 8.66. The monoisotopic (exact) mass is 276 g/mol. The lowest BCUT2D eigenvalue weighted by atomic mass is 9.98. The maximum Gasteiger partial charge on any atom is 0.119 e. The van der Waals surface area contributed by atoms with Crippen molar-refractivity contribution in [3.8, 4) is 5.75 Å². The third-order valence-corrected chi connectivity index (χ3v) is 4.06. The van der Waals surface area contributed by atoms with E-state index in [2.05, 4.69) is 52.0 Å². The second-order valence-electron chi connectivity index (χ2n) is 6.12. The van der Waals surface area contributed by atoms with E-state index in [1.807, 2.05) is 0 Å². The van der Waals surface area contributed by atoms with Gasteiger partial charge in [0.15, 0.2) is 0 Å². The molecule has 0 aromatic heterocycles. The Labute approximate surface area is 125 Å². The van der Waals surface area contributed by atoms with Crippen LogP contribution in [-0.2, 0) is 6.42 Å². The molecule has 1 heteroatoms. The third kappa shape index (κ3) is 6.45. The maximum absolute atomic E-state index is 6.03. The molecule has 0 aliphatic heterocycles. The zero-order valence-corrected chi connectivity index (χ0v) is 13.8. The molecule has 0 amide bonds. The molecule has 0 unspecified atom stereocenters. The summed E-state index contributed by atoms with van der Waals surface area (Å²) >= 11 is 0. The number of benzene rings is 1. The van der Waals surface area contributed by atoms with Crippen LogP contribution in [0.2, 0.25) is 0 Å². The smallest absolute Gasteiger partial charge is 0.119 e. The summed E-state index contributed by atoms with van der Waals surface area (Å²) in [6.45, 7) is 9.95. The zero-order valence-electron chi connectivity index (χ0n) is 13.8. The lowest BCUT2D eigenvalue weighted by Gasteiger charge is -2.17. The zero-order chi connectivity index (χ0) is 14.8. The number of rotatable bonds is 10. The highest BCUT2D eigenvalue weighted by Crippen LogP contribution is 2.20. The Kier molecular flexibility index (Phi) is 8.41. The van der Waals surface area contributed by atoms with Crippen molar-refractivity contribution < 1.29 is 4.74 Å². The Morgan fingerprint density at radius 2 is 1.75 bits per heavy atom. The summed E-state index contributed by atoms with van der Waals surface area (Å²) in [5.41, 5.74) is 1.40. The molecule has 0 saturated carbocycles. The fraction of sp³-hybridized carbons (Fsp3) is 0.684. The van der Waals surface area contributed by atoms with Crippen LogP contribution in [-0.4, -0.2) is 6.61 Å². The fourth-order valence-electron chi connectivity index (χ4n) is 2.65. The van der Waals surface area contributed by atoms with Crippen LogP contribution in [0.3, 0.4) is 0 Å². The van der Waals surface area contributed by atoms with E-state index in [0.717, 1.165) is 24.7 Å². The van der Waals surface area contributed by atoms with E-state index in [-0.39, 0.29) is 0 Å². The Morgan fingerprint density at radius 1 is 1.05 bits per heavy atom. The van der Waals surface area contributed by atoms with E-state index in [1.165, 1.54) is 37.7 Å². The average molecular weight is 276 g/mol. The highest BCUT2D eigenvalue weighted by molar-refractivity contribution is 5.28. The van der Waals surface area contributed by atoms with Crippen LogP contribution in [0, 0.1) is 11.8 Å². The molecular formula is C19H32O. The van der Waals surface area contributed by atoms with Crippen molar-refractivity contribution in [1.82, 2.24) is 0 Å². The second-order valence-corrected chi connectivity index (χ2v) is 6.12. The van der Waals surface area contributed by atoms with Gasteiger partial charge in [-0.15, -0.1) is 0 Å². The molecule has 0 aliphatic carbocycles. The third-order valence-electron chi connectivity index (χ3n) is 4.06. The van der Waals surface area contributed by atoms with Crippen molar-refractivity contribution in [3.05, 3.63) is 29.8 Å². The van der Waals surface area contributed by atoms with Crippen molar-refractivity contribution >= 4 is 0 Å². The molecule has 0 fully saturated rings. The standard InChI is InChI=1S/C19H32O/c1-5-9-17(10-6-2)15-20-19-12-8-11-18(14-19)13-16(4)7-3/h8,11-12,14,16-17H,5-7,9-10,13,15H2,1-4H3/t16-/m0/s1. The predicted molar refractivity (Wildman–Crippen MR) is 88.4 cm³/mol. The number of hydrogen-bond donors (Lipinski definition) is 0. The molecule has 0 N–H and O–H groups in total. The summed E-state index contributed by atoms with van der Waals surface area (Å²) in [5.74, 6) is 2.50. The molecule has 114 valence electrons. The number of ether oxygens (including phenoxy) is 1. The van der Waals surface area contributed by atoms with E-state index in [0.29, 0.717) is 5.92 Å². The molecular weight excluding hydrogens is 244 g/mol. The molecule has 1 aromatic carbocycles. The van der Waals surface area contributed by atoms with Gasteiger partial charge in [-0.3, -0.25) is 0 Å². The van der Waals surface area contributed by atoms with Crippen LogP contribution in [0.4, 0.5) is 0 Å². The molecule has 20 heavy (non-hydrogen) atoms. The molecule has 0 bridgehead atoms. The topological polar surface area (TPSA) is 9.23 Å². The molecule has 1 nitrogen and oxygen atoms in total. The molecule has 1 aromatic rings. The first kappa shape index (κ1) is 17.1. The summed E-state index contributed by atoms with van der Waals surface area (Å²) in [5, 5.41) is 0. The Hall–Kier alpha value is -0.980. The Bertz CT molecular complexity index is 353. The Morgan fingerprint density at radius 3 is 2.35 bits per heavy atom. The van der Waals surface area contributed by atoms with Gasteiger partial charge >= 0.3 is 0 Å². The molecule has 1 atom stereocenters. The van der Waals surface area contributed by atoms with Crippen LogP contribution >= 0.6 is 0 Å². The molecule has 0 radical (unpaired) electrons. The van der Waals surface area contributed by atoms with Crippen LogP contribution in [0.15, 0.2) is 24.3 Å². The lowest BCUT2D eigenvalue weighted by Crippen LogP contribution is -2.12. The molecule has 0 heterocycles. The predicted octanol–water partition coefficient (Wildman–Crippen LogP) is 5.87. The van der Waals surface area contributed by atoms with E-state index < -0.39 is 0 Å². The maximum atomic E-state index is 6.03. The summed E-state index contributed by atoms with van der Waals surface area (Å²) in [7, 11) is 0. The van der Waals surface area contributed by atoms with E-state index in [1.54, 1.807) is 0 Å². The highest BCUT2D eigenvalue weighted by atomic mass is 16.5. The summed E-state index contributed by atoms with van der Waals surface area (Å²) in [4.78, 5) is 0. The average Bonchev–Trinajstić information content (AvgIpc) is 2.45. The lowest BCUT2D eigenvalue weighted by molar-refractivity contribution is 0.229. The summed E-state index contributed by atoms with van der Waals surface area (Å²) < 4.78 is 6.03. The Balaban J connectivity index is 2.52. The largest absolute Gasteiger partial charge is 0.493 e. The van der Waals surface area contributed by atoms with Gasteiger partial charge in [0.2, 0.25) is 0 Å². The molecule has 0 spiro atoms. The van der Waals surface area contributed by atoms with Gasteiger partial charge in [0.05, 0.1) is 6.61 Å². The van der Waals surface area contributed by atoms with Crippen molar-refractivity contribution in [2.75, 3.05) is 6.61 Å². The van der Waals surface area contributed by atoms with Crippen molar-refractivity contribution in [2.24, 2.45) is 11.8 Å².